The largest absolute Gasteiger partial charge is 0.358 e. The molecule has 27 heavy (non-hydrogen) atoms. The molecule has 7 heteroatoms. The van der Waals surface area contributed by atoms with Crippen molar-refractivity contribution in [1.82, 2.24) is 19.9 Å². The maximum absolute atomic E-state index is 13.1. The Bertz CT molecular complexity index is 1390. The van der Waals surface area contributed by atoms with Crippen molar-refractivity contribution in [3.63, 3.8) is 0 Å². The lowest BCUT2D eigenvalue weighted by Gasteiger charge is -2.05. The van der Waals surface area contributed by atoms with Crippen LogP contribution in [-0.2, 0) is 9.84 Å². The minimum absolute atomic E-state index is 0.0235. The van der Waals surface area contributed by atoms with E-state index in [1.165, 1.54) is 6.20 Å². The van der Waals surface area contributed by atoms with Gasteiger partial charge >= 0.3 is 0 Å². The van der Waals surface area contributed by atoms with Gasteiger partial charge in [0.2, 0.25) is 9.84 Å². The summed E-state index contributed by atoms with van der Waals surface area (Å²) in [4.78, 5) is 15.0. The number of aromatic amines is 2. The maximum Gasteiger partial charge on any atom is 0.225 e. The van der Waals surface area contributed by atoms with E-state index in [1.54, 1.807) is 36.5 Å². The van der Waals surface area contributed by atoms with Gasteiger partial charge in [0, 0.05) is 46.7 Å². The van der Waals surface area contributed by atoms with Crippen molar-refractivity contribution in [2.24, 2.45) is 0 Å². The van der Waals surface area contributed by atoms with Crippen molar-refractivity contribution in [3.05, 3.63) is 73.3 Å². The third-order valence-electron chi connectivity index (χ3n) is 4.62. The molecule has 5 rings (SSSR count). The van der Waals surface area contributed by atoms with Gasteiger partial charge in [-0.1, -0.05) is 18.2 Å². The van der Waals surface area contributed by atoms with Crippen LogP contribution in [0, 0.1) is 0 Å². The molecule has 5 aromatic rings. The molecular weight excluding hydrogens is 360 g/mol. The van der Waals surface area contributed by atoms with Crippen molar-refractivity contribution in [2.75, 3.05) is 0 Å². The van der Waals surface area contributed by atoms with Crippen LogP contribution in [0.1, 0.15) is 0 Å². The van der Waals surface area contributed by atoms with Gasteiger partial charge in [0.1, 0.15) is 5.65 Å². The summed E-state index contributed by atoms with van der Waals surface area (Å²) in [6.45, 7) is 0. The molecule has 0 atom stereocenters. The number of aromatic nitrogens is 4. The molecule has 4 aromatic heterocycles. The van der Waals surface area contributed by atoms with E-state index >= 15 is 0 Å². The number of H-pyrrole nitrogens is 2. The van der Waals surface area contributed by atoms with Gasteiger partial charge in [-0.25, -0.2) is 18.4 Å². The summed E-state index contributed by atoms with van der Waals surface area (Å²) >= 11 is 0. The molecule has 0 bridgehead atoms. The van der Waals surface area contributed by atoms with Gasteiger partial charge in [-0.2, -0.15) is 0 Å². The van der Waals surface area contributed by atoms with Gasteiger partial charge < -0.3 is 9.97 Å². The van der Waals surface area contributed by atoms with Crippen LogP contribution in [0.3, 0.4) is 0 Å². The standard InChI is InChI=1S/C20H14N4O2S/c25-27(26,13-5-2-1-3-6-13)20-18-14(8-10-22-20)16(11-23-18)17-12-24-19-15(17)7-4-9-21-19/h1-12,23H,(H,21,24). The molecule has 2 N–H and O–H groups in total. The second-order valence-corrected chi connectivity index (χ2v) is 8.02. The number of nitrogens with one attached hydrogen (secondary N) is 2. The SMILES string of the molecule is O=S(=O)(c1ccccc1)c1nccc2c(-c3c[nH]c4ncccc34)c[nH]c12. The average Bonchev–Trinajstić information content (AvgIpc) is 3.32. The van der Waals surface area contributed by atoms with Gasteiger partial charge in [0.25, 0.3) is 0 Å². The number of nitrogens with zero attached hydrogens (tertiary/aromatic N) is 2. The summed E-state index contributed by atoms with van der Waals surface area (Å²) in [6, 6.07) is 14.0. The average molecular weight is 374 g/mol. The van der Waals surface area contributed by atoms with Crippen molar-refractivity contribution in [3.8, 4) is 11.1 Å². The Labute approximate surface area is 154 Å². The minimum Gasteiger partial charge on any atom is -0.358 e. The van der Waals surface area contributed by atoms with E-state index in [-0.39, 0.29) is 9.92 Å². The van der Waals surface area contributed by atoms with Crippen molar-refractivity contribution < 1.29 is 8.42 Å². The molecule has 0 aliphatic carbocycles. The van der Waals surface area contributed by atoms with E-state index in [2.05, 4.69) is 19.9 Å². The first-order valence-electron chi connectivity index (χ1n) is 8.35. The number of hydrogen-bond donors (Lipinski definition) is 2. The molecule has 0 unspecified atom stereocenters. The highest BCUT2D eigenvalue weighted by atomic mass is 32.2. The summed E-state index contributed by atoms with van der Waals surface area (Å²) in [7, 11) is -3.73. The zero-order chi connectivity index (χ0) is 18.4. The van der Waals surface area contributed by atoms with Crippen molar-refractivity contribution >= 4 is 31.8 Å². The van der Waals surface area contributed by atoms with Gasteiger partial charge in [-0.15, -0.1) is 0 Å². The number of sulfone groups is 1. The third-order valence-corrected chi connectivity index (χ3v) is 6.33. The fraction of sp³-hybridized carbons (Fsp3) is 0. The van der Waals surface area contributed by atoms with Gasteiger partial charge in [-0.05, 0) is 30.3 Å². The summed E-state index contributed by atoms with van der Waals surface area (Å²) in [5.41, 5.74) is 3.14. The second kappa shape index (κ2) is 5.78. The topological polar surface area (TPSA) is 91.5 Å². The number of fused-ring (bicyclic) bond motifs is 2. The highest BCUT2D eigenvalue weighted by Gasteiger charge is 2.24. The van der Waals surface area contributed by atoms with E-state index in [4.69, 9.17) is 0 Å². The number of pyridine rings is 2. The second-order valence-electron chi connectivity index (χ2n) is 6.16. The molecule has 0 saturated carbocycles. The van der Waals surface area contributed by atoms with Crippen LogP contribution in [0.4, 0.5) is 0 Å². The molecule has 0 aliphatic heterocycles. The molecule has 4 heterocycles. The Balaban J connectivity index is 1.75. The van der Waals surface area contributed by atoms with Crippen LogP contribution >= 0.6 is 0 Å². The molecule has 6 nitrogen and oxygen atoms in total. The molecule has 0 saturated heterocycles. The number of rotatable bonds is 3. The molecule has 132 valence electrons. The minimum atomic E-state index is -3.73. The van der Waals surface area contributed by atoms with E-state index in [0.717, 1.165) is 27.5 Å². The Morgan fingerprint density at radius 2 is 1.52 bits per heavy atom. The van der Waals surface area contributed by atoms with E-state index in [0.29, 0.717) is 5.52 Å². The fourth-order valence-electron chi connectivity index (χ4n) is 3.35. The van der Waals surface area contributed by atoms with E-state index in [9.17, 15) is 8.42 Å². The number of hydrogen-bond acceptors (Lipinski definition) is 4. The maximum atomic E-state index is 13.1. The molecule has 0 radical (unpaired) electrons. The quantitative estimate of drug-likeness (QED) is 0.500. The lowest BCUT2D eigenvalue weighted by molar-refractivity contribution is 0.593. The van der Waals surface area contributed by atoms with Crippen LogP contribution in [0.15, 0.2) is 83.2 Å². The summed E-state index contributed by atoms with van der Waals surface area (Å²) in [5.74, 6) is 0. The monoisotopic (exact) mass is 374 g/mol. The van der Waals surface area contributed by atoms with Crippen LogP contribution in [0.25, 0.3) is 33.1 Å². The van der Waals surface area contributed by atoms with Crippen LogP contribution in [0.2, 0.25) is 0 Å². The highest BCUT2D eigenvalue weighted by molar-refractivity contribution is 7.91. The zero-order valence-electron chi connectivity index (χ0n) is 14.0. The Hall–Kier alpha value is -3.45. The van der Waals surface area contributed by atoms with Crippen molar-refractivity contribution in [2.45, 2.75) is 9.92 Å². The summed E-state index contributed by atoms with van der Waals surface area (Å²) in [5, 5.41) is 1.79. The number of benzene rings is 1. The molecule has 1 aromatic carbocycles. The van der Waals surface area contributed by atoms with E-state index in [1.807, 2.05) is 30.6 Å². The normalized spacial score (nSPS) is 12.0. The van der Waals surface area contributed by atoms with Crippen LogP contribution in [0.5, 0.6) is 0 Å². The molecule has 0 amide bonds. The third kappa shape index (κ3) is 2.36. The predicted molar refractivity (Wildman–Crippen MR) is 103 cm³/mol. The van der Waals surface area contributed by atoms with Crippen LogP contribution in [-0.4, -0.2) is 28.4 Å². The first-order chi connectivity index (χ1) is 13.2. The lowest BCUT2D eigenvalue weighted by Crippen LogP contribution is -2.05. The zero-order valence-corrected chi connectivity index (χ0v) is 14.9. The fourth-order valence-corrected chi connectivity index (χ4v) is 4.72. The molecular formula is C20H14N4O2S. The Morgan fingerprint density at radius 1 is 0.741 bits per heavy atom. The van der Waals surface area contributed by atoms with Gasteiger partial charge in [0.15, 0.2) is 5.03 Å². The Morgan fingerprint density at radius 3 is 2.37 bits per heavy atom. The van der Waals surface area contributed by atoms with Crippen molar-refractivity contribution in [1.29, 1.82) is 0 Å². The smallest absolute Gasteiger partial charge is 0.225 e. The van der Waals surface area contributed by atoms with E-state index < -0.39 is 9.84 Å². The Kier molecular flexibility index (Phi) is 3.38. The lowest BCUT2D eigenvalue weighted by atomic mass is 10.1. The first kappa shape index (κ1) is 15.8. The van der Waals surface area contributed by atoms with Gasteiger partial charge in [-0.3, -0.25) is 0 Å². The van der Waals surface area contributed by atoms with Gasteiger partial charge in [0.05, 0.1) is 10.4 Å². The highest BCUT2D eigenvalue weighted by Crippen LogP contribution is 2.35. The van der Waals surface area contributed by atoms with Crippen LogP contribution < -0.4 is 0 Å². The summed E-state index contributed by atoms with van der Waals surface area (Å²) in [6.07, 6.45) is 6.95. The molecule has 0 aliphatic rings. The molecule has 0 fully saturated rings. The summed E-state index contributed by atoms with van der Waals surface area (Å²) < 4.78 is 26.1. The first-order valence-corrected chi connectivity index (χ1v) is 9.83. The predicted octanol–water partition coefficient (Wildman–Crippen LogP) is 3.94. The molecule has 0 spiro atoms.